The number of nitrogens with zero attached hydrogens (tertiary/aromatic N) is 1. The lowest BCUT2D eigenvalue weighted by molar-refractivity contribution is -0.274. The van der Waals surface area contributed by atoms with Gasteiger partial charge in [0.05, 0.1) is 10.6 Å². The van der Waals surface area contributed by atoms with Crippen LogP contribution < -0.4 is 9.46 Å². The molecule has 3 rings (SSSR count). The Hall–Kier alpha value is -2.53. The Morgan fingerprint density at radius 3 is 2.33 bits per heavy atom. The van der Waals surface area contributed by atoms with E-state index in [0.717, 1.165) is 29.0 Å². The van der Waals surface area contributed by atoms with Gasteiger partial charge in [-0.25, -0.2) is 8.42 Å². The van der Waals surface area contributed by atoms with Crippen LogP contribution in [0, 0.1) is 13.8 Å². The molecular weight excluding hydrogens is 405 g/mol. The zero-order valence-electron chi connectivity index (χ0n) is 14.0. The minimum atomic E-state index is -4.81. The molecule has 1 aromatic carbocycles. The van der Waals surface area contributed by atoms with Crippen LogP contribution in [0.3, 0.4) is 0 Å². The molecule has 144 valence electrons. The van der Waals surface area contributed by atoms with Crippen LogP contribution in [0.25, 0.3) is 10.6 Å². The molecule has 2 heterocycles. The van der Waals surface area contributed by atoms with Crippen LogP contribution in [-0.2, 0) is 10.0 Å². The maximum Gasteiger partial charge on any atom is 0.573 e. The summed E-state index contributed by atoms with van der Waals surface area (Å²) in [7, 11) is -3.91. The summed E-state index contributed by atoms with van der Waals surface area (Å²) >= 11 is 0.993. The molecule has 0 saturated carbocycles. The average Bonchev–Trinajstić information content (AvgIpc) is 3.16. The van der Waals surface area contributed by atoms with Crippen molar-refractivity contribution in [1.29, 1.82) is 0 Å². The van der Waals surface area contributed by atoms with Gasteiger partial charge >= 0.3 is 6.36 Å². The minimum absolute atomic E-state index is 0.0292. The number of halogens is 3. The summed E-state index contributed by atoms with van der Waals surface area (Å²) in [6.45, 7) is 3.60. The van der Waals surface area contributed by atoms with Gasteiger partial charge in [-0.2, -0.15) is 0 Å². The van der Waals surface area contributed by atoms with Crippen molar-refractivity contribution in [2.45, 2.75) is 24.4 Å². The lowest BCUT2D eigenvalue weighted by Crippen LogP contribution is -2.17. The third-order valence-electron chi connectivity index (χ3n) is 3.57. The topological polar surface area (TPSA) is 81.4 Å². The fourth-order valence-electron chi connectivity index (χ4n) is 2.16. The molecule has 0 spiro atoms. The fraction of sp³-hybridized carbons (Fsp3) is 0.188. The lowest BCUT2D eigenvalue weighted by Gasteiger charge is -2.10. The van der Waals surface area contributed by atoms with Gasteiger partial charge in [-0.1, -0.05) is 5.16 Å². The van der Waals surface area contributed by atoms with Crippen LogP contribution in [0.15, 0.2) is 45.1 Å². The highest BCUT2D eigenvalue weighted by Crippen LogP contribution is 2.34. The van der Waals surface area contributed by atoms with Crippen LogP contribution in [-0.4, -0.2) is 19.9 Å². The molecule has 0 bridgehead atoms. The number of aromatic nitrogens is 1. The number of hydrogen-bond donors (Lipinski definition) is 1. The second-order valence-corrected chi connectivity index (χ2v) is 8.51. The minimum Gasteiger partial charge on any atom is -0.406 e. The summed E-state index contributed by atoms with van der Waals surface area (Å²) in [6, 6.07) is 7.42. The molecule has 6 nitrogen and oxygen atoms in total. The molecule has 11 heteroatoms. The number of hydrogen-bond acceptors (Lipinski definition) is 6. The van der Waals surface area contributed by atoms with E-state index in [1.807, 2.05) is 6.92 Å². The second kappa shape index (κ2) is 6.89. The van der Waals surface area contributed by atoms with Crippen LogP contribution in [0.1, 0.15) is 11.3 Å². The molecule has 3 aromatic rings. The van der Waals surface area contributed by atoms with Crippen molar-refractivity contribution >= 4 is 27.0 Å². The molecule has 0 saturated heterocycles. The van der Waals surface area contributed by atoms with Crippen molar-refractivity contribution in [2.24, 2.45) is 0 Å². The maximum absolute atomic E-state index is 12.5. The number of thiophene rings is 1. The van der Waals surface area contributed by atoms with Gasteiger partial charge in [0.25, 0.3) is 10.0 Å². The Labute approximate surface area is 156 Å². The molecule has 0 aliphatic rings. The summed E-state index contributed by atoms with van der Waals surface area (Å²) in [4.78, 5) is 0.599. The largest absolute Gasteiger partial charge is 0.573 e. The summed E-state index contributed by atoms with van der Waals surface area (Å²) in [5, 5.41) is 3.84. The smallest absolute Gasteiger partial charge is 0.406 e. The molecule has 0 atom stereocenters. The second-order valence-electron chi connectivity index (χ2n) is 5.52. The number of rotatable bonds is 5. The van der Waals surface area contributed by atoms with Gasteiger partial charge in [-0.15, -0.1) is 24.5 Å². The summed E-state index contributed by atoms with van der Waals surface area (Å²) in [5.74, 6) is 0.0487. The Morgan fingerprint density at radius 2 is 1.78 bits per heavy atom. The first-order chi connectivity index (χ1) is 12.5. The first-order valence-electron chi connectivity index (χ1n) is 7.47. The van der Waals surface area contributed by atoms with Crippen molar-refractivity contribution in [1.82, 2.24) is 5.16 Å². The summed E-state index contributed by atoms with van der Waals surface area (Å²) in [6.07, 6.45) is -4.81. The molecule has 0 aliphatic carbocycles. The van der Waals surface area contributed by atoms with Gasteiger partial charge in [0.1, 0.15) is 9.96 Å². The van der Waals surface area contributed by atoms with Crippen LogP contribution in [0.2, 0.25) is 0 Å². The van der Waals surface area contributed by atoms with E-state index >= 15 is 0 Å². The molecule has 1 N–H and O–H groups in total. The molecule has 0 aliphatic heterocycles. The summed E-state index contributed by atoms with van der Waals surface area (Å²) in [5.41, 5.74) is 1.63. The van der Waals surface area contributed by atoms with Crippen LogP contribution in [0.5, 0.6) is 5.75 Å². The zero-order chi connectivity index (χ0) is 19.8. The van der Waals surface area contributed by atoms with Gasteiger partial charge in [0.2, 0.25) is 0 Å². The number of aryl methyl sites for hydroxylation is 1. The SMILES string of the molecule is Cc1noc(-c2ccc(S(=O)(=O)Nc3ccc(OC(F)(F)F)cc3)s2)c1C. The van der Waals surface area contributed by atoms with Crippen molar-refractivity contribution < 1.29 is 30.8 Å². The van der Waals surface area contributed by atoms with E-state index < -0.39 is 22.1 Å². The highest BCUT2D eigenvalue weighted by molar-refractivity contribution is 7.94. The first-order valence-corrected chi connectivity index (χ1v) is 9.77. The van der Waals surface area contributed by atoms with Gasteiger partial charge in [-0.3, -0.25) is 4.72 Å². The van der Waals surface area contributed by atoms with E-state index in [-0.39, 0.29) is 9.90 Å². The molecule has 0 fully saturated rings. The van der Waals surface area contributed by atoms with Crippen molar-refractivity contribution in [2.75, 3.05) is 4.72 Å². The first kappa shape index (κ1) is 19.2. The van der Waals surface area contributed by atoms with Crippen LogP contribution >= 0.6 is 11.3 Å². The van der Waals surface area contributed by atoms with Gasteiger partial charge in [-0.05, 0) is 50.2 Å². The van der Waals surface area contributed by atoms with Crippen LogP contribution in [0.4, 0.5) is 18.9 Å². The predicted molar refractivity (Wildman–Crippen MR) is 93.2 cm³/mol. The fourth-order valence-corrected chi connectivity index (χ4v) is 4.56. The van der Waals surface area contributed by atoms with Gasteiger partial charge in [0.15, 0.2) is 5.76 Å². The van der Waals surface area contributed by atoms with E-state index in [9.17, 15) is 21.6 Å². The van der Waals surface area contributed by atoms with Gasteiger partial charge in [0, 0.05) is 11.3 Å². The third-order valence-corrected chi connectivity index (χ3v) is 6.52. The standard InChI is InChI=1S/C16H13F3N2O4S2/c1-9-10(2)20-25-15(9)13-7-8-14(26-13)27(22,23)21-11-3-5-12(6-4-11)24-16(17,18)19/h3-8,21H,1-2H3. The number of anilines is 1. The Kier molecular flexibility index (Phi) is 4.91. The normalized spacial score (nSPS) is 12.2. The van der Waals surface area contributed by atoms with E-state index in [2.05, 4.69) is 14.6 Å². The molecule has 0 amide bonds. The highest BCUT2D eigenvalue weighted by Gasteiger charge is 2.31. The molecule has 0 radical (unpaired) electrons. The Bertz CT molecular complexity index is 1050. The number of alkyl halides is 3. The number of nitrogens with one attached hydrogen (secondary N) is 1. The van der Waals surface area contributed by atoms with Crippen molar-refractivity contribution in [3.63, 3.8) is 0 Å². The maximum atomic E-state index is 12.5. The van der Waals surface area contributed by atoms with Crippen molar-refractivity contribution in [3.8, 4) is 16.4 Å². The lowest BCUT2D eigenvalue weighted by atomic mass is 10.2. The Balaban J connectivity index is 1.78. The molecule has 27 heavy (non-hydrogen) atoms. The molecular formula is C16H13F3N2O4S2. The number of benzene rings is 1. The van der Waals surface area contributed by atoms with Gasteiger partial charge < -0.3 is 9.26 Å². The van der Waals surface area contributed by atoms with Crippen molar-refractivity contribution in [3.05, 3.63) is 47.7 Å². The Morgan fingerprint density at radius 1 is 1.11 bits per heavy atom. The average molecular weight is 418 g/mol. The number of sulfonamides is 1. The van der Waals surface area contributed by atoms with E-state index in [1.54, 1.807) is 13.0 Å². The molecule has 2 aromatic heterocycles. The van der Waals surface area contributed by atoms with E-state index in [0.29, 0.717) is 16.3 Å². The quantitative estimate of drug-likeness (QED) is 0.648. The third kappa shape index (κ3) is 4.42. The summed E-state index contributed by atoms with van der Waals surface area (Å²) < 4.78 is 72.8. The predicted octanol–water partition coefficient (Wildman–Crippen LogP) is 4.72. The van der Waals surface area contributed by atoms with E-state index in [4.69, 9.17) is 4.52 Å². The number of ether oxygens (including phenoxy) is 1. The molecule has 0 unspecified atom stereocenters. The van der Waals surface area contributed by atoms with E-state index in [1.165, 1.54) is 18.2 Å². The zero-order valence-corrected chi connectivity index (χ0v) is 15.6. The monoisotopic (exact) mass is 418 g/mol. The highest BCUT2D eigenvalue weighted by atomic mass is 32.2.